The summed E-state index contributed by atoms with van der Waals surface area (Å²) in [6.07, 6.45) is 0. The molecule has 34 heavy (non-hydrogen) atoms. The smallest absolute Gasteiger partial charge is 0.282 e. The highest BCUT2D eigenvalue weighted by atomic mass is 19.1. The number of nitrogens with zero attached hydrogens (tertiary/aromatic N) is 3. The van der Waals surface area contributed by atoms with Crippen LogP contribution in [-0.4, -0.2) is 42.9 Å². The van der Waals surface area contributed by atoms with Crippen LogP contribution >= 0.6 is 0 Å². The maximum atomic E-state index is 14.6. The van der Waals surface area contributed by atoms with Gasteiger partial charge in [0, 0.05) is 31.9 Å². The van der Waals surface area contributed by atoms with Crippen molar-refractivity contribution in [3.8, 4) is 0 Å². The first kappa shape index (κ1) is 21.9. The third-order valence-electron chi connectivity index (χ3n) is 6.46. The largest absolute Gasteiger partial charge is 0.368 e. The van der Waals surface area contributed by atoms with Crippen LogP contribution in [0.1, 0.15) is 16.7 Å². The van der Waals surface area contributed by atoms with Gasteiger partial charge in [0.1, 0.15) is 11.5 Å². The summed E-state index contributed by atoms with van der Waals surface area (Å²) in [4.78, 5) is 32.5. The molecule has 172 valence electrons. The van der Waals surface area contributed by atoms with Crippen molar-refractivity contribution in [2.24, 2.45) is 0 Å². The molecule has 0 saturated carbocycles. The number of amides is 2. The van der Waals surface area contributed by atoms with E-state index in [-0.39, 0.29) is 5.69 Å². The highest BCUT2D eigenvalue weighted by molar-refractivity contribution is 6.45. The molecule has 3 aromatic carbocycles. The van der Waals surface area contributed by atoms with Crippen molar-refractivity contribution in [3.05, 3.63) is 101 Å². The van der Waals surface area contributed by atoms with Crippen LogP contribution in [0.15, 0.2) is 78.5 Å². The summed E-state index contributed by atoms with van der Waals surface area (Å²) in [6, 6.07) is 21.8. The second-order valence-electron chi connectivity index (χ2n) is 8.80. The predicted molar refractivity (Wildman–Crippen MR) is 132 cm³/mol. The van der Waals surface area contributed by atoms with Crippen molar-refractivity contribution >= 4 is 28.8 Å². The zero-order chi connectivity index (χ0) is 23.8. The number of benzene rings is 3. The van der Waals surface area contributed by atoms with E-state index in [1.807, 2.05) is 42.2 Å². The maximum Gasteiger partial charge on any atom is 0.282 e. The van der Waals surface area contributed by atoms with Crippen molar-refractivity contribution in [2.45, 2.75) is 13.8 Å². The highest BCUT2D eigenvalue weighted by Crippen LogP contribution is 2.36. The van der Waals surface area contributed by atoms with Crippen molar-refractivity contribution < 1.29 is 14.0 Å². The van der Waals surface area contributed by atoms with E-state index in [9.17, 15) is 14.0 Å². The Hall–Kier alpha value is -3.93. The molecule has 2 amide bonds. The van der Waals surface area contributed by atoms with Gasteiger partial charge in [-0.1, -0.05) is 54.1 Å². The Morgan fingerprint density at radius 2 is 1.38 bits per heavy atom. The fourth-order valence-electron chi connectivity index (χ4n) is 4.66. The number of carbonyl (C=O) groups is 2. The summed E-state index contributed by atoms with van der Waals surface area (Å²) in [7, 11) is 0. The van der Waals surface area contributed by atoms with Crippen LogP contribution in [0.25, 0.3) is 5.57 Å². The summed E-state index contributed by atoms with van der Waals surface area (Å²) in [5, 5.41) is 0. The van der Waals surface area contributed by atoms with Crippen molar-refractivity contribution in [1.82, 2.24) is 4.90 Å². The molecule has 1 fully saturated rings. The van der Waals surface area contributed by atoms with Crippen LogP contribution in [-0.2, 0) is 9.59 Å². The highest BCUT2D eigenvalue weighted by Gasteiger charge is 2.43. The van der Waals surface area contributed by atoms with E-state index in [0.717, 1.165) is 29.2 Å². The third-order valence-corrected chi connectivity index (χ3v) is 6.46. The normalized spacial score (nSPS) is 16.6. The number of rotatable bonds is 4. The number of anilines is 2. The van der Waals surface area contributed by atoms with Crippen molar-refractivity contribution in [2.75, 3.05) is 36.0 Å². The molecule has 0 radical (unpaired) electrons. The average Bonchev–Trinajstić information content (AvgIpc) is 3.10. The number of hydrogen-bond acceptors (Lipinski definition) is 4. The van der Waals surface area contributed by atoms with Gasteiger partial charge in [0.25, 0.3) is 11.8 Å². The molecule has 5 rings (SSSR count). The summed E-state index contributed by atoms with van der Waals surface area (Å²) in [6.45, 7) is 6.64. The molecule has 3 aromatic rings. The van der Waals surface area contributed by atoms with Crippen LogP contribution in [0, 0.1) is 19.7 Å². The quantitative estimate of drug-likeness (QED) is 0.542. The second kappa shape index (κ2) is 8.78. The Labute approximate surface area is 198 Å². The van der Waals surface area contributed by atoms with E-state index in [2.05, 4.69) is 30.0 Å². The van der Waals surface area contributed by atoms with Gasteiger partial charge in [-0.25, -0.2) is 9.29 Å². The predicted octanol–water partition coefficient (Wildman–Crippen LogP) is 4.55. The lowest BCUT2D eigenvalue weighted by atomic mass is 10.0. The van der Waals surface area contributed by atoms with Gasteiger partial charge in [-0.05, 0) is 49.2 Å². The zero-order valence-corrected chi connectivity index (χ0v) is 19.3. The summed E-state index contributed by atoms with van der Waals surface area (Å²) in [5.74, 6) is -1.57. The topological polar surface area (TPSA) is 43.9 Å². The van der Waals surface area contributed by atoms with Gasteiger partial charge in [0.05, 0.1) is 11.3 Å². The fraction of sp³-hybridized carbons (Fsp3) is 0.214. The van der Waals surface area contributed by atoms with Crippen molar-refractivity contribution in [3.63, 3.8) is 0 Å². The van der Waals surface area contributed by atoms with E-state index < -0.39 is 17.6 Å². The lowest BCUT2D eigenvalue weighted by Gasteiger charge is -2.37. The minimum atomic E-state index is -0.599. The van der Waals surface area contributed by atoms with Gasteiger partial charge in [-0.3, -0.25) is 9.59 Å². The molecule has 0 N–H and O–H groups in total. The number of imide groups is 1. The lowest BCUT2D eigenvalue weighted by molar-refractivity contribution is -0.120. The molecule has 1 saturated heterocycles. The van der Waals surface area contributed by atoms with Crippen LogP contribution in [0.5, 0.6) is 0 Å². The Morgan fingerprint density at radius 1 is 0.706 bits per heavy atom. The van der Waals surface area contributed by atoms with Crippen molar-refractivity contribution in [1.29, 1.82) is 0 Å². The Morgan fingerprint density at radius 3 is 2.06 bits per heavy atom. The second-order valence-corrected chi connectivity index (χ2v) is 8.80. The van der Waals surface area contributed by atoms with Gasteiger partial charge in [-0.2, -0.15) is 0 Å². The Balaban J connectivity index is 1.50. The van der Waals surface area contributed by atoms with Crippen LogP contribution in [0.4, 0.5) is 15.8 Å². The van der Waals surface area contributed by atoms with Gasteiger partial charge < -0.3 is 9.80 Å². The molecule has 6 heteroatoms. The van der Waals surface area contributed by atoms with Gasteiger partial charge >= 0.3 is 0 Å². The van der Waals surface area contributed by atoms with E-state index in [1.54, 1.807) is 12.1 Å². The molecular weight excluding hydrogens is 429 g/mol. The molecule has 0 atom stereocenters. The lowest BCUT2D eigenvalue weighted by Crippen LogP contribution is -2.47. The number of hydrogen-bond donors (Lipinski definition) is 0. The first-order valence-electron chi connectivity index (χ1n) is 11.5. The zero-order valence-electron chi connectivity index (χ0n) is 19.3. The third kappa shape index (κ3) is 3.85. The Kier molecular flexibility index (Phi) is 5.65. The molecule has 0 aromatic heterocycles. The minimum Gasteiger partial charge on any atom is -0.368 e. The average molecular weight is 456 g/mol. The number of carbonyl (C=O) groups excluding carboxylic acids is 2. The Bertz CT molecular complexity index is 1290. The van der Waals surface area contributed by atoms with Gasteiger partial charge in [0.2, 0.25) is 0 Å². The first-order chi connectivity index (χ1) is 16.4. The molecule has 0 unspecified atom stereocenters. The maximum absolute atomic E-state index is 14.6. The number of para-hydroxylation sites is 1. The number of aryl methyl sites for hydroxylation is 2. The van der Waals surface area contributed by atoms with Gasteiger partial charge in [-0.15, -0.1) is 0 Å². The number of piperazine rings is 1. The van der Waals surface area contributed by atoms with E-state index in [4.69, 9.17) is 0 Å². The van der Waals surface area contributed by atoms with E-state index in [0.29, 0.717) is 29.9 Å². The first-order valence-corrected chi connectivity index (χ1v) is 11.5. The SMILES string of the molecule is Cc1ccc(C2=C(N3CCN(c4cccc(C)c4)CC3)C(=O)N(c3ccccc3F)C2=O)cc1. The van der Waals surface area contributed by atoms with E-state index in [1.165, 1.54) is 17.7 Å². The summed E-state index contributed by atoms with van der Waals surface area (Å²) < 4.78 is 14.6. The molecular formula is C28H26FN3O2. The fourth-order valence-corrected chi connectivity index (χ4v) is 4.66. The molecule has 5 nitrogen and oxygen atoms in total. The van der Waals surface area contributed by atoms with E-state index >= 15 is 0 Å². The number of halogens is 1. The standard InChI is InChI=1S/C28H26FN3O2/c1-19-10-12-21(13-11-19)25-26(28(34)32(27(25)33)24-9-4-3-8-23(24)29)31-16-14-30(15-17-31)22-7-5-6-20(2)18-22/h3-13,18H,14-17H2,1-2H3. The van der Waals surface area contributed by atoms with Crippen LogP contribution in [0.3, 0.4) is 0 Å². The molecule has 0 spiro atoms. The monoisotopic (exact) mass is 455 g/mol. The van der Waals surface area contributed by atoms with Gasteiger partial charge in [0.15, 0.2) is 0 Å². The summed E-state index contributed by atoms with van der Waals surface area (Å²) >= 11 is 0. The molecule has 2 aliphatic rings. The molecule has 2 heterocycles. The molecule has 0 aliphatic carbocycles. The van der Waals surface area contributed by atoms with Crippen LogP contribution in [0.2, 0.25) is 0 Å². The molecule has 2 aliphatic heterocycles. The summed E-state index contributed by atoms with van der Waals surface area (Å²) in [5.41, 5.74) is 4.73. The molecule has 0 bridgehead atoms. The van der Waals surface area contributed by atoms with Crippen LogP contribution < -0.4 is 9.80 Å². The minimum absolute atomic E-state index is 0.0180.